The summed E-state index contributed by atoms with van der Waals surface area (Å²) in [5.41, 5.74) is 2.62. The lowest BCUT2D eigenvalue weighted by atomic mass is 10.1. The SMILES string of the molecule is CC(NCc1cc(Cl)cc(Cl)c1)c1ccc(N2CCN(C)CC2)c(F)c1. The first-order valence-corrected chi connectivity index (χ1v) is 9.59. The second-order valence-electron chi connectivity index (χ2n) is 6.88. The summed E-state index contributed by atoms with van der Waals surface area (Å²) in [6.45, 7) is 6.27. The molecule has 1 atom stereocenters. The van der Waals surface area contributed by atoms with Crippen molar-refractivity contribution in [2.24, 2.45) is 0 Å². The summed E-state index contributed by atoms with van der Waals surface area (Å²) in [6.07, 6.45) is 0. The quantitative estimate of drug-likeness (QED) is 0.788. The van der Waals surface area contributed by atoms with Crippen molar-refractivity contribution in [2.45, 2.75) is 19.5 Å². The molecule has 0 aliphatic carbocycles. The molecule has 140 valence electrons. The zero-order valence-electron chi connectivity index (χ0n) is 15.1. The minimum Gasteiger partial charge on any atom is -0.367 e. The number of hydrogen-bond donors (Lipinski definition) is 1. The van der Waals surface area contributed by atoms with Crippen molar-refractivity contribution in [1.82, 2.24) is 10.2 Å². The lowest BCUT2D eigenvalue weighted by Gasteiger charge is -2.34. The number of nitrogens with one attached hydrogen (secondary N) is 1. The van der Waals surface area contributed by atoms with Gasteiger partial charge in [0.25, 0.3) is 0 Å². The van der Waals surface area contributed by atoms with Gasteiger partial charge in [0.05, 0.1) is 5.69 Å². The van der Waals surface area contributed by atoms with E-state index in [2.05, 4.69) is 22.2 Å². The van der Waals surface area contributed by atoms with E-state index in [9.17, 15) is 4.39 Å². The molecule has 0 amide bonds. The molecule has 2 aromatic rings. The first-order valence-electron chi connectivity index (χ1n) is 8.83. The zero-order valence-corrected chi connectivity index (χ0v) is 16.6. The van der Waals surface area contributed by atoms with Gasteiger partial charge in [-0.05, 0) is 55.4 Å². The van der Waals surface area contributed by atoms with Gasteiger partial charge in [-0.2, -0.15) is 0 Å². The van der Waals surface area contributed by atoms with E-state index in [0.29, 0.717) is 22.3 Å². The molecule has 0 saturated carbocycles. The summed E-state index contributed by atoms with van der Waals surface area (Å²) >= 11 is 12.1. The molecule has 6 heteroatoms. The maximum atomic E-state index is 14.6. The van der Waals surface area contributed by atoms with Crippen molar-refractivity contribution < 1.29 is 4.39 Å². The maximum absolute atomic E-state index is 14.6. The summed E-state index contributed by atoms with van der Waals surface area (Å²) in [7, 11) is 2.09. The molecule has 0 radical (unpaired) electrons. The summed E-state index contributed by atoms with van der Waals surface area (Å²) in [6, 6.07) is 11.0. The molecule has 3 nitrogen and oxygen atoms in total. The van der Waals surface area contributed by atoms with Crippen LogP contribution in [0.5, 0.6) is 0 Å². The van der Waals surface area contributed by atoms with Crippen LogP contribution < -0.4 is 10.2 Å². The van der Waals surface area contributed by atoms with Crippen LogP contribution in [0.3, 0.4) is 0 Å². The van der Waals surface area contributed by atoms with Crippen molar-refractivity contribution in [3.63, 3.8) is 0 Å². The fraction of sp³-hybridized carbons (Fsp3) is 0.400. The van der Waals surface area contributed by atoms with Crippen molar-refractivity contribution in [2.75, 3.05) is 38.1 Å². The average molecular weight is 396 g/mol. The van der Waals surface area contributed by atoms with E-state index in [1.165, 1.54) is 0 Å². The van der Waals surface area contributed by atoms with Gasteiger partial charge >= 0.3 is 0 Å². The Kier molecular flexibility index (Phi) is 6.41. The molecule has 1 N–H and O–H groups in total. The summed E-state index contributed by atoms with van der Waals surface area (Å²) in [4.78, 5) is 4.38. The monoisotopic (exact) mass is 395 g/mol. The molecule has 0 bridgehead atoms. The minimum absolute atomic E-state index is 0.0174. The molecule has 1 heterocycles. The highest BCUT2D eigenvalue weighted by molar-refractivity contribution is 6.34. The smallest absolute Gasteiger partial charge is 0.146 e. The van der Waals surface area contributed by atoms with E-state index in [1.807, 2.05) is 31.2 Å². The number of anilines is 1. The second-order valence-corrected chi connectivity index (χ2v) is 7.75. The molecular formula is C20H24Cl2FN3. The van der Waals surface area contributed by atoms with E-state index in [4.69, 9.17) is 23.2 Å². The lowest BCUT2D eigenvalue weighted by Crippen LogP contribution is -2.44. The van der Waals surface area contributed by atoms with Crippen LogP contribution in [0.15, 0.2) is 36.4 Å². The van der Waals surface area contributed by atoms with Gasteiger partial charge in [-0.1, -0.05) is 29.3 Å². The van der Waals surface area contributed by atoms with Crippen molar-refractivity contribution in [3.8, 4) is 0 Å². The Bertz CT molecular complexity index is 740. The summed E-state index contributed by atoms with van der Waals surface area (Å²) < 4.78 is 14.6. The van der Waals surface area contributed by atoms with Gasteiger partial charge < -0.3 is 15.1 Å². The third-order valence-electron chi connectivity index (χ3n) is 4.85. The highest BCUT2D eigenvalue weighted by Crippen LogP contribution is 2.25. The Morgan fingerprint density at radius 3 is 2.31 bits per heavy atom. The molecule has 1 aliphatic rings. The third-order valence-corrected chi connectivity index (χ3v) is 5.29. The van der Waals surface area contributed by atoms with E-state index in [-0.39, 0.29) is 11.9 Å². The van der Waals surface area contributed by atoms with Crippen LogP contribution in [0.4, 0.5) is 10.1 Å². The van der Waals surface area contributed by atoms with E-state index in [1.54, 1.807) is 12.1 Å². The molecular weight excluding hydrogens is 372 g/mol. The zero-order chi connectivity index (χ0) is 18.7. The maximum Gasteiger partial charge on any atom is 0.146 e. The highest BCUT2D eigenvalue weighted by atomic mass is 35.5. The molecule has 0 aromatic heterocycles. The van der Waals surface area contributed by atoms with E-state index in [0.717, 1.165) is 37.3 Å². The Morgan fingerprint density at radius 2 is 1.69 bits per heavy atom. The normalized spacial score (nSPS) is 16.7. The first-order chi connectivity index (χ1) is 12.4. The number of benzene rings is 2. The second kappa shape index (κ2) is 8.57. The molecule has 26 heavy (non-hydrogen) atoms. The Hall–Kier alpha value is -1.33. The summed E-state index contributed by atoms with van der Waals surface area (Å²) in [5.74, 6) is -0.161. The van der Waals surface area contributed by atoms with Crippen molar-refractivity contribution in [3.05, 3.63) is 63.4 Å². The number of likely N-dealkylation sites (N-methyl/N-ethyl adjacent to an activating group) is 1. The van der Waals surface area contributed by atoms with Gasteiger partial charge in [0.15, 0.2) is 0 Å². The lowest BCUT2D eigenvalue weighted by molar-refractivity contribution is 0.311. The number of hydrogen-bond acceptors (Lipinski definition) is 3. The van der Waals surface area contributed by atoms with E-state index >= 15 is 0 Å². The predicted molar refractivity (Wildman–Crippen MR) is 108 cm³/mol. The largest absolute Gasteiger partial charge is 0.367 e. The number of halogens is 3. The van der Waals surface area contributed by atoms with Crippen molar-refractivity contribution in [1.29, 1.82) is 0 Å². The van der Waals surface area contributed by atoms with Crippen LogP contribution in [0.1, 0.15) is 24.1 Å². The number of nitrogens with zero attached hydrogens (tertiary/aromatic N) is 2. The van der Waals surface area contributed by atoms with Crippen LogP contribution in [0, 0.1) is 5.82 Å². The molecule has 2 aromatic carbocycles. The fourth-order valence-corrected chi connectivity index (χ4v) is 3.77. The average Bonchev–Trinajstić information content (AvgIpc) is 2.60. The Labute approximate surface area is 164 Å². The van der Waals surface area contributed by atoms with Crippen LogP contribution >= 0.6 is 23.2 Å². The van der Waals surface area contributed by atoms with Gasteiger partial charge in [-0.3, -0.25) is 0 Å². The first kappa shape index (κ1) is 19.4. The topological polar surface area (TPSA) is 18.5 Å². The number of rotatable bonds is 5. The standard InChI is InChI=1S/C20H24Cl2FN3/c1-14(24-13-15-9-17(21)12-18(22)10-15)16-3-4-20(19(23)11-16)26-7-5-25(2)6-8-26/h3-4,9-12,14,24H,5-8,13H2,1-2H3. The Morgan fingerprint density at radius 1 is 1.04 bits per heavy atom. The highest BCUT2D eigenvalue weighted by Gasteiger charge is 2.18. The molecule has 0 spiro atoms. The van der Waals surface area contributed by atoms with Gasteiger partial charge in [0, 0.05) is 48.8 Å². The molecule has 1 aliphatic heterocycles. The van der Waals surface area contributed by atoms with Crippen molar-refractivity contribution >= 4 is 28.9 Å². The predicted octanol–water partition coefficient (Wildman–Crippen LogP) is 4.74. The number of piperazine rings is 1. The fourth-order valence-electron chi connectivity index (χ4n) is 3.20. The third kappa shape index (κ3) is 4.89. The Balaban J connectivity index is 1.64. The van der Waals surface area contributed by atoms with Gasteiger partial charge in [-0.25, -0.2) is 4.39 Å². The molecule has 3 rings (SSSR count). The van der Waals surface area contributed by atoms with Crippen LogP contribution in [0.25, 0.3) is 0 Å². The van der Waals surface area contributed by atoms with Gasteiger partial charge in [0.1, 0.15) is 5.82 Å². The van der Waals surface area contributed by atoms with Crippen LogP contribution in [0.2, 0.25) is 10.0 Å². The molecule has 1 unspecified atom stereocenters. The van der Waals surface area contributed by atoms with Crippen LogP contribution in [-0.2, 0) is 6.54 Å². The minimum atomic E-state index is -0.161. The molecule has 1 saturated heterocycles. The van der Waals surface area contributed by atoms with Gasteiger partial charge in [0.2, 0.25) is 0 Å². The van der Waals surface area contributed by atoms with E-state index < -0.39 is 0 Å². The summed E-state index contributed by atoms with van der Waals surface area (Å²) in [5, 5.41) is 4.63. The van der Waals surface area contributed by atoms with Crippen LogP contribution in [-0.4, -0.2) is 38.1 Å². The molecule has 1 fully saturated rings. The van der Waals surface area contributed by atoms with Gasteiger partial charge in [-0.15, -0.1) is 0 Å².